The Balaban J connectivity index is 1.31. The number of fused-ring (bicyclic) bond motifs is 1. The van der Waals surface area contributed by atoms with Gasteiger partial charge in [0.2, 0.25) is 5.78 Å². The van der Waals surface area contributed by atoms with E-state index in [4.69, 9.17) is 11.6 Å². The third-order valence-corrected chi connectivity index (χ3v) is 7.60. The number of imidazole rings is 1. The minimum absolute atomic E-state index is 0.0644. The maximum absolute atomic E-state index is 13.4. The second kappa shape index (κ2) is 9.46. The number of carbonyl (C=O) groups is 2. The molecule has 1 fully saturated rings. The van der Waals surface area contributed by atoms with Crippen LogP contribution in [0.15, 0.2) is 48.8 Å². The predicted molar refractivity (Wildman–Crippen MR) is 134 cm³/mol. The van der Waals surface area contributed by atoms with Gasteiger partial charge in [0.25, 0.3) is 5.91 Å². The summed E-state index contributed by atoms with van der Waals surface area (Å²) in [5.41, 5.74) is 3.25. The van der Waals surface area contributed by atoms with Gasteiger partial charge in [-0.1, -0.05) is 23.7 Å². The topological polar surface area (TPSA) is 58.4 Å². The van der Waals surface area contributed by atoms with E-state index < -0.39 is 5.92 Å². The summed E-state index contributed by atoms with van der Waals surface area (Å²) in [6.45, 7) is 1.81. The average Bonchev–Trinajstić information content (AvgIpc) is 3.42. The number of ketones is 1. The largest absolute Gasteiger partial charge is 0.373 e. The van der Waals surface area contributed by atoms with E-state index in [2.05, 4.69) is 4.98 Å². The van der Waals surface area contributed by atoms with Gasteiger partial charge in [-0.05, 0) is 60.6 Å². The number of likely N-dealkylation sites (tertiary alicyclic amines) is 1. The number of amides is 1. The van der Waals surface area contributed by atoms with Crippen LogP contribution in [0, 0.1) is 11.7 Å². The fraction of sp³-hybridized carbons (Fsp3) is 0.370. The van der Waals surface area contributed by atoms with Crippen molar-refractivity contribution in [1.29, 1.82) is 0 Å². The predicted octanol–water partition coefficient (Wildman–Crippen LogP) is 4.72. The van der Waals surface area contributed by atoms with Crippen LogP contribution in [0.1, 0.15) is 50.9 Å². The highest BCUT2D eigenvalue weighted by Gasteiger charge is 2.36. The molecule has 3 aromatic rings. The van der Waals surface area contributed by atoms with Crippen molar-refractivity contribution < 1.29 is 14.0 Å². The van der Waals surface area contributed by atoms with Crippen LogP contribution in [0.25, 0.3) is 0 Å². The van der Waals surface area contributed by atoms with Crippen molar-refractivity contribution in [2.24, 2.45) is 13.0 Å². The van der Waals surface area contributed by atoms with Crippen molar-refractivity contribution in [2.75, 3.05) is 31.6 Å². The number of halogens is 2. The van der Waals surface area contributed by atoms with Crippen molar-refractivity contribution in [3.63, 3.8) is 0 Å². The molecule has 2 aliphatic heterocycles. The van der Waals surface area contributed by atoms with E-state index in [1.54, 1.807) is 36.1 Å². The normalized spacial score (nSPS) is 18.1. The molecule has 0 bridgehead atoms. The number of Topliss-reactive ketones (excluding diaryl/α,β-unsaturated/α-hetero) is 1. The highest BCUT2D eigenvalue weighted by Crippen LogP contribution is 2.40. The molecule has 8 heteroatoms. The summed E-state index contributed by atoms with van der Waals surface area (Å²) in [7, 11) is 3.73. The average molecular weight is 495 g/mol. The minimum atomic E-state index is -0.402. The number of hydrogen-bond donors (Lipinski definition) is 0. The van der Waals surface area contributed by atoms with Crippen LogP contribution in [0.4, 0.5) is 10.1 Å². The van der Waals surface area contributed by atoms with Crippen LogP contribution in [0.5, 0.6) is 0 Å². The van der Waals surface area contributed by atoms with Crippen LogP contribution >= 0.6 is 11.6 Å². The van der Waals surface area contributed by atoms with Gasteiger partial charge in [0.05, 0.1) is 16.5 Å². The van der Waals surface area contributed by atoms with Gasteiger partial charge in [0.1, 0.15) is 5.82 Å². The maximum Gasteiger partial charge on any atom is 0.255 e. The molecule has 0 aliphatic carbocycles. The van der Waals surface area contributed by atoms with Crippen LogP contribution in [-0.2, 0) is 13.5 Å². The highest BCUT2D eigenvalue weighted by molar-refractivity contribution is 6.34. The summed E-state index contributed by atoms with van der Waals surface area (Å²) in [4.78, 5) is 34.8. The number of nitrogens with zero attached hydrogens (tertiary/aromatic N) is 4. The molecule has 1 amide bonds. The van der Waals surface area contributed by atoms with E-state index in [-0.39, 0.29) is 17.5 Å². The molecule has 0 radical (unpaired) electrons. The Labute approximate surface area is 209 Å². The summed E-state index contributed by atoms with van der Waals surface area (Å²) < 4.78 is 14.9. The summed E-state index contributed by atoms with van der Waals surface area (Å²) >= 11 is 6.58. The van der Waals surface area contributed by atoms with E-state index in [0.717, 1.165) is 36.1 Å². The Morgan fingerprint density at radius 3 is 2.49 bits per heavy atom. The van der Waals surface area contributed by atoms with Gasteiger partial charge in [-0.25, -0.2) is 9.37 Å². The summed E-state index contributed by atoms with van der Waals surface area (Å²) in [5, 5.41) is 0.402. The van der Waals surface area contributed by atoms with Gasteiger partial charge in [0.15, 0.2) is 5.82 Å². The van der Waals surface area contributed by atoms with Crippen LogP contribution < -0.4 is 4.90 Å². The molecule has 1 saturated heterocycles. The van der Waals surface area contributed by atoms with Crippen molar-refractivity contribution in [1.82, 2.24) is 14.5 Å². The van der Waals surface area contributed by atoms with Crippen LogP contribution in [0.3, 0.4) is 0 Å². The fourth-order valence-electron chi connectivity index (χ4n) is 5.27. The number of likely N-dealkylation sites (N-methyl/N-ethyl adjacent to an activating group) is 1. The van der Waals surface area contributed by atoms with E-state index in [1.807, 2.05) is 29.0 Å². The quantitative estimate of drug-likeness (QED) is 0.481. The number of benzene rings is 2. The number of rotatable bonds is 5. The first-order valence-corrected chi connectivity index (χ1v) is 12.3. The van der Waals surface area contributed by atoms with Gasteiger partial charge < -0.3 is 14.4 Å². The molecule has 0 N–H and O–H groups in total. The maximum atomic E-state index is 13.4. The molecule has 2 aromatic carbocycles. The molecule has 2 aliphatic rings. The Morgan fingerprint density at radius 1 is 1.11 bits per heavy atom. The second-order valence-corrected chi connectivity index (χ2v) is 10.0. The molecule has 1 aromatic heterocycles. The molecule has 1 unspecified atom stereocenters. The minimum Gasteiger partial charge on any atom is -0.373 e. The molecule has 182 valence electrons. The van der Waals surface area contributed by atoms with Gasteiger partial charge in [-0.15, -0.1) is 0 Å². The first kappa shape index (κ1) is 23.5. The molecule has 0 saturated carbocycles. The SMILES string of the molecule is CN1CC(C(=O)c2nccn2C)c2cc(C(=O)N3CCC(Cc4ccc(F)cc4)CC3)c(Cl)cc21. The van der Waals surface area contributed by atoms with E-state index in [1.165, 1.54) is 12.1 Å². The van der Waals surface area contributed by atoms with Crippen molar-refractivity contribution in [3.05, 3.63) is 82.1 Å². The molecular weight excluding hydrogens is 467 g/mol. The lowest BCUT2D eigenvalue weighted by Gasteiger charge is -2.32. The van der Waals surface area contributed by atoms with Crippen molar-refractivity contribution in [2.45, 2.75) is 25.2 Å². The smallest absolute Gasteiger partial charge is 0.255 e. The Hall–Kier alpha value is -3.19. The van der Waals surface area contributed by atoms with E-state index >= 15 is 0 Å². The zero-order valence-electron chi connectivity index (χ0n) is 19.9. The standard InChI is InChI=1S/C27H28ClFN4O2/c1-31-12-9-30-26(31)25(34)22-16-32(2)24-15-23(28)21(14-20(22)24)27(35)33-10-7-18(8-11-33)13-17-3-5-19(29)6-4-17/h3-6,9,12,14-15,18,22H,7-8,10-11,13,16H2,1-2H3. The molecule has 35 heavy (non-hydrogen) atoms. The van der Waals surface area contributed by atoms with Gasteiger partial charge >= 0.3 is 0 Å². The third kappa shape index (κ3) is 4.57. The monoisotopic (exact) mass is 494 g/mol. The number of hydrogen-bond acceptors (Lipinski definition) is 4. The lowest BCUT2D eigenvalue weighted by atomic mass is 9.89. The lowest BCUT2D eigenvalue weighted by molar-refractivity contribution is 0.0690. The number of carbonyl (C=O) groups excluding carboxylic acids is 2. The number of aryl methyl sites for hydroxylation is 1. The molecule has 0 spiro atoms. The molecular formula is C27H28ClFN4O2. The molecule has 5 rings (SSSR count). The highest BCUT2D eigenvalue weighted by atomic mass is 35.5. The zero-order valence-corrected chi connectivity index (χ0v) is 20.6. The summed E-state index contributed by atoms with van der Waals surface area (Å²) in [6, 6.07) is 10.3. The van der Waals surface area contributed by atoms with Crippen molar-refractivity contribution in [3.8, 4) is 0 Å². The first-order valence-electron chi connectivity index (χ1n) is 11.9. The summed E-state index contributed by atoms with van der Waals surface area (Å²) in [5.74, 6) is 0.0637. The van der Waals surface area contributed by atoms with Gasteiger partial charge in [-0.2, -0.15) is 0 Å². The van der Waals surface area contributed by atoms with Gasteiger partial charge in [0, 0.05) is 51.8 Å². The fourth-order valence-corrected chi connectivity index (χ4v) is 5.51. The number of aromatic nitrogens is 2. The van der Waals surface area contributed by atoms with Crippen LogP contribution in [-0.4, -0.2) is 52.8 Å². The van der Waals surface area contributed by atoms with E-state index in [9.17, 15) is 14.0 Å². The Bertz CT molecular complexity index is 1260. The first-order chi connectivity index (χ1) is 16.8. The van der Waals surface area contributed by atoms with Crippen LogP contribution in [0.2, 0.25) is 5.02 Å². The third-order valence-electron chi connectivity index (χ3n) is 7.29. The lowest BCUT2D eigenvalue weighted by Crippen LogP contribution is -2.39. The van der Waals surface area contributed by atoms with Crippen molar-refractivity contribution >= 4 is 29.0 Å². The number of piperidine rings is 1. The number of anilines is 1. The molecule has 3 heterocycles. The second-order valence-electron chi connectivity index (χ2n) is 9.62. The molecule has 6 nitrogen and oxygen atoms in total. The summed E-state index contributed by atoms with van der Waals surface area (Å²) in [6.07, 6.45) is 6.02. The Morgan fingerprint density at radius 2 is 1.83 bits per heavy atom. The zero-order chi connectivity index (χ0) is 24.7. The molecule has 1 atom stereocenters. The van der Waals surface area contributed by atoms with E-state index in [0.29, 0.717) is 42.0 Å². The Kier molecular flexibility index (Phi) is 6.36. The van der Waals surface area contributed by atoms with Gasteiger partial charge in [-0.3, -0.25) is 9.59 Å².